The van der Waals surface area contributed by atoms with Crippen molar-refractivity contribution in [3.63, 3.8) is 0 Å². The number of aromatic nitrogens is 3. The molecule has 0 aliphatic carbocycles. The first-order valence-electron chi connectivity index (χ1n) is 7.67. The van der Waals surface area contributed by atoms with Gasteiger partial charge in [-0.3, -0.25) is 9.89 Å². The van der Waals surface area contributed by atoms with Gasteiger partial charge in [0.1, 0.15) is 6.07 Å². The van der Waals surface area contributed by atoms with Crippen LogP contribution in [-0.2, 0) is 4.79 Å². The van der Waals surface area contributed by atoms with E-state index < -0.39 is 0 Å². The van der Waals surface area contributed by atoms with Crippen LogP contribution in [0.3, 0.4) is 0 Å². The van der Waals surface area contributed by atoms with Crippen LogP contribution in [0.5, 0.6) is 0 Å². The summed E-state index contributed by atoms with van der Waals surface area (Å²) in [6.07, 6.45) is 0. The van der Waals surface area contributed by atoms with Crippen LogP contribution in [0, 0.1) is 18.3 Å². The number of thioether (sulfide) groups is 1. The Bertz CT molecular complexity index is 995. The summed E-state index contributed by atoms with van der Waals surface area (Å²) in [7, 11) is 0. The molecule has 130 valence electrons. The number of nitriles is 1. The molecular weight excluding hydrogens is 370 g/mol. The second-order valence-corrected chi connectivity index (χ2v) is 6.85. The van der Waals surface area contributed by atoms with Gasteiger partial charge in [0.2, 0.25) is 11.1 Å². The number of aromatic amines is 1. The fourth-order valence-corrected chi connectivity index (χ4v) is 3.04. The quantitative estimate of drug-likeness (QED) is 0.648. The molecule has 0 saturated carbocycles. The number of rotatable bonds is 5. The second-order valence-electron chi connectivity index (χ2n) is 5.47. The van der Waals surface area contributed by atoms with Gasteiger partial charge in [-0.05, 0) is 31.2 Å². The zero-order chi connectivity index (χ0) is 18.5. The lowest BCUT2D eigenvalue weighted by molar-refractivity contribution is -0.113. The number of aryl methyl sites for hydroxylation is 1. The van der Waals surface area contributed by atoms with Gasteiger partial charge in [-0.25, -0.2) is 4.98 Å². The van der Waals surface area contributed by atoms with Crippen molar-refractivity contribution in [3.05, 3.63) is 58.6 Å². The third-order valence-corrected chi connectivity index (χ3v) is 4.55. The topological polar surface area (TPSA) is 94.5 Å². The van der Waals surface area contributed by atoms with Crippen molar-refractivity contribution in [1.82, 2.24) is 15.2 Å². The van der Waals surface area contributed by atoms with Crippen LogP contribution in [0.15, 0.2) is 47.6 Å². The number of carbonyl (C=O) groups excluding carboxylic acids is 1. The minimum atomic E-state index is -0.268. The number of nitrogens with one attached hydrogen (secondary N) is 2. The highest BCUT2D eigenvalue weighted by Crippen LogP contribution is 2.22. The summed E-state index contributed by atoms with van der Waals surface area (Å²) >= 11 is 7.12. The SMILES string of the molecule is Cc1cccc(-c2nc(SCC(=O)Nc3cc(Cl)ccc3C#N)n[nH]2)c1. The van der Waals surface area contributed by atoms with Gasteiger partial charge in [0.25, 0.3) is 0 Å². The molecule has 0 fully saturated rings. The number of carbonyl (C=O) groups is 1. The Morgan fingerprint density at radius 1 is 1.35 bits per heavy atom. The minimum Gasteiger partial charge on any atom is -0.324 e. The minimum absolute atomic E-state index is 0.114. The molecule has 0 radical (unpaired) electrons. The molecule has 3 aromatic rings. The Hall–Kier alpha value is -2.82. The predicted molar refractivity (Wildman–Crippen MR) is 102 cm³/mol. The molecule has 0 spiro atoms. The second kappa shape index (κ2) is 8.04. The number of benzene rings is 2. The Balaban J connectivity index is 1.62. The van der Waals surface area contributed by atoms with Crippen molar-refractivity contribution < 1.29 is 4.79 Å². The normalized spacial score (nSPS) is 10.3. The van der Waals surface area contributed by atoms with E-state index in [0.29, 0.717) is 27.3 Å². The zero-order valence-electron chi connectivity index (χ0n) is 13.8. The van der Waals surface area contributed by atoms with Gasteiger partial charge in [0.15, 0.2) is 5.82 Å². The number of halogens is 1. The monoisotopic (exact) mass is 383 g/mol. The lowest BCUT2D eigenvalue weighted by Gasteiger charge is -2.06. The molecule has 0 unspecified atom stereocenters. The Labute approximate surface area is 159 Å². The lowest BCUT2D eigenvalue weighted by Crippen LogP contribution is -2.15. The number of amides is 1. The maximum atomic E-state index is 12.1. The van der Waals surface area contributed by atoms with Crippen molar-refractivity contribution in [2.75, 3.05) is 11.1 Å². The molecule has 0 saturated heterocycles. The molecule has 0 aliphatic rings. The Kier molecular flexibility index (Phi) is 5.56. The third-order valence-electron chi connectivity index (χ3n) is 3.46. The van der Waals surface area contributed by atoms with Crippen LogP contribution >= 0.6 is 23.4 Å². The maximum Gasteiger partial charge on any atom is 0.234 e. The van der Waals surface area contributed by atoms with Gasteiger partial charge in [-0.2, -0.15) is 5.26 Å². The molecule has 1 amide bonds. The van der Waals surface area contributed by atoms with Crippen LogP contribution in [0.2, 0.25) is 5.02 Å². The Morgan fingerprint density at radius 3 is 2.96 bits per heavy atom. The first-order chi connectivity index (χ1) is 12.5. The van der Waals surface area contributed by atoms with E-state index in [4.69, 9.17) is 16.9 Å². The van der Waals surface area contributed by atoms with Crippen LogP contribution in [0.4, 0.5) is 5.69 Å². The zero-order valence-corrected chi connectivity index (χ0v) is 15.4. The number of anilines is 1. The van der Waals surface area contributed by atoms with Gasteiger partial charge >= 0.3 is 0 Å². The molecule has 1 aromatic heterocycles. The van der Waals surface area contributed by atoms with E-state index in [2.05, 4.69) is 20.5 Å². The summed E-state index contributed by atoms with van der Waals surface area (Å²) in [4.78, 5) is 16.5. The van der Waals surface area contributed by atoms with E-state index in [1.807, 2.05) is 37.3 Å². The third kappa shape index (κ3) is 4.42. The van der Waals surface area contributed by atoms with Gasteiger partial charge < -0.3 is 5.32 Å². The first-order valence-corrected chi connectivity index (χ1v) is 9.03. The molecule has 0 aliphatic heterocycles. The summed E-state index contributed by atoms with van der Waals surface area (Å²) in [5.41, 5.74) is 2.81. The molecular formula is C18H14ClN5OS. The summed E-state index contributed by atoms with van der Waals surface area (Å²) in [5, 5.41) is 19.7. The van der Waals surface area contributed by atoms with E-state index in [9.17, 15) is 4.79 Å². The Morgan fingerprint density at radius 2 is 2.19 bits per heavy atom. The number of hydrogen-bond donors (Lipinski definition) is 2. The molecule has 2 N–H and O–H groups in total. The lowest BCUT2D eigenvalue weighted by atomic mass is 10.1. The van der Waals surface area contributed by atoms with Crippen molar-refractivity contribution in [2.45, 2.75) is 12.1 Å². The highest BCUT2D eigenvalue weighted by atomic mass is 35.5. The molecule has 3 rings (SSSR count). The van der Waals surface area contributed by atoms with Crippen molar-refractivity contribution in [3.8, 4) is 17.5 Å². The van der Waals surface area contributed by atoms with Crippen LogP contribution < -0.4 is 5.32 Å². The first kappa shape index (κ1) is 18.0. The summed E-state index contributed by atoms with van der Waals surface area (Å²) in [6.45, 7) is 2.01. The van der Waals surface area contributed by atoms with Crippen molar-refractivity contribution in [1.29, 1.82) is 5.26 Å². The van der Waals surface area contributed by atoms with Crippen LogP contribution in [-0.4, -0.2) is 26.8 Å². The van der Waals surface area contributed by atoms with Gasteiger partial charge in [0, 0.05) is 10.6 Å². The fraction of sp³-hybridized carbons (Fsp3) is 0.111. The summed E-state index contributed by atoms with van der Waals surface area (Å²) in [6, 6.07) is 14.6. The number of H-pyrrole nitrogens is 1. The molecule has 2 aromatic carbocycles. The maximum absolute atomic E-state index is 12.1. The molecule has 0 atom stereocenters. The number of hydrogen-bond acceptors (Lipinski definition) is 5. The predicted octanol–water partition coefficient (Wildman–Crippen LogP) is 4.04. The van der Waals surface area contributed by atoms with Crippen molar-refractivity contribution >= 4 is 35.0 Å². The summed E-state index contributed by atoms with van der Waals surface area (Å²) in [5.74, 6) is 0.497. The van der Waals surface area contributed by atoms with E-state index in [-0.39, 0.29) is 11.7 Å². The van der Waals surface area contributed by atoms with E-state index in [1.165, 1.54) is 11.8 Å². The van der Waals surface area contributed by atoms with Crippen molar-refractivity contribution in [2.24, 2.45) is 0 Å². The average Bonchev–Trinajstić information content (AvgIpc) is 3.09. The fourth-order valence-electron chi connectivity index (χ4n) is 2.27. The van der Waals surface area contributed by atoms with E-state index in [0.717, 1.165) is 11.1 Å². The van der Waals surface area contributed by atoms with Gasteiger partial charge in [-0.15, -0.1) is 5.10 Å². The van der Waals surface area contributed by atoms with Gasteiger partial charge in [0.05, 0.1) is 17.0 Å². The standard InChI is InChI=1S/C18H14ClN5OS/c1-11-3-2-4-12(7-11)17-22-18(24-23-17)26-10-16(25)21-15-8-14(19)6-5-13(15)9-20/h2-8H,10H2,1H3,(H,21,25)(H,22,23,24). The van der Waals surface area contributed by atoms with Crippen LogP contribution in [0.1, 0.15) is 11.1 Å². The smallest absolute Gasteiger partial charge is 0.234 e. The van der Waals surface area contributed by atoms with E-state index >= 15 is 0 Å². The summed E-state index contributed by atoms with van der Waals surface area (Å²) < 4.78 is 0. The average molecular weight is 384 g/mol. The van der Waals surface area contributed by atoms with Gasteiger partial charge in [-0.1, -0.05) is 47.1 Å². The largest absolute Gasteiger partial charge is 0.324 e. The molecule has 6 nitrogen and oxygen atoms in total. The number of nitrogens with zero attached hydrogens (tertiary/aromatic N) is 3. The van der Waals surface area contributed by atoms with Crippen LogP contribution in [0.25, 0.3) is 11.4 Å². The van der Waals surface area contributed by atoms with E-state index in [1.54, 1.807) is 18.2 Å². The highest BCUT2D eigenvalue weighted by molar-refractivity contribution is 7.99. The molecule has 26 heavy (non-hydrogen) atoms. The highest BCUT2D eigenvalue weighted by Gasteiger charge is 2.11. The molecule has 0 bridgehead atoms. The molecule has 1 heterocycles. The molecule has 8 heteroatoms.